The van der Waals surface area contributed by atoms with Gasteiger partial charge in [-0.15, -0.1) is 0 Å². The summed E-state index contributed by atoms with van der Waals surface area (Å²) in [5.41, 5.74) is -0.180. The molecule has 0 bridgehead atoms. The predicted molar refractivity (Wildman–Crippen MR) is 49.2 cm³/mol. The number of hydrogen-bond acceptors (Lipinski definition) is 2. The number of carbonyl (C=O) groups is 1. The lowest BCUT2D eigenvalue weighted by atomic mass is 10.1. The molecule has 0 fully saturated rings. The molecule has 0 spiro atoms. The Hall–Kier alpha value is -1.29. The van der Waals surface area contributed by atoms with Crippen LogP contribution in [0.4, 0.5) is 8.78 Å². The van der Waals surface area contributed by atoms with Crippen LogP contribution in [0, 0.1) is 11.6 Å². The minimum Gasteiger partial charge on any atom is -0.319 e. The second-order valence-electron chi connectivity index (χ2n) is 2.90. The van der Waals surface area contributed by atoms with Crippen molar-refractivity contribution in [1.29, 1.82) is 0 Å². The molecule has 1 aromatic carbocycles. The van der Waals surface area contributed by atoms with Gasteiger partial charge >= 0.3 is 0 Å². The summed E-state index contributed by atoms with van der Waals surface area (Å²) < 4.78 is 25.7. The molecule has 2 nitrogen and oxygen atoms in total. The highest BCUT2D eigenvalue weighted by atomic mass is 19.1. The van der Waals surface area contributed by atoms with E-state index >= 15 is 0 Å². The van der Waals surface area contributed by atoms with Gasteiger partial charge in [-0.25, -0.2) is 8.78 Å². The van der Waals surface area contributed by atoms with Crippen molar-refractivity contribution in [3.63, 3.8) is 0 Å². The molecule has 0 aliphatic heterocycles. The van der Waals surface area contributed by atoms with E-state index in [2.05, 4.69) is 5.32 Å². The summed E-state index contributed by atoms with van der Waals surface area (Å²) in [6.07, 6.45) is 0.164. The lowest BCUT2D eigenvalue weighted by molar-refractivity contribution is 0.0979. The standard InChI is InChI=1S/C10H11F2NO/c1-13-5-4-10(14)8-6-7(11)2-3-9(8)12/h2-3,6,13H,4-5H2,1H3. The average Bonchev–Trinajstić information content (AvgIpc) is 2.18. The summed E-state index contributed by atoms with van der Waals surface area (Å²) in [6.45, 7) is 0.453. The monoisotopic (exact) mass is 199 g/mol. The van der Waals surface area contributed by atoms with Gasteiger partial charge < -0.3 is 5.32 Å². The lowest BCUT2D eigenvalue weighted by Gasteiger charge is -2.02. The van der Waals surface area contributed by atoms with E-state index in [-0.39, 0.29) is 12.0 Å². The highest BCUT2D eigenvalue weighted by Crippen LogP contribution is 2.11. The molecule has 14 heavy (non-hydrogen) atoms. The van der Waals surface area contributed by atoms with Crippen molar-refractivity contribution in [3.8, 4) is 0 Å². The molecule has 76 valence electrons. The first kappa shape index (κ1) is 10.8. The molecule has 0 unspecified atom stereocenters. The molecule has 0 aromatic heterocycles. The molecule has 1 rings (SSSR count). The van der Waals surface area contributed by atoms with Crippen LogP contribution in [0.5, 0.6) is 0 Å². The first-order chi connectivity index (χ1) is 6.65. The number of ketones is 1. The molecule has 0 aliphatic carbocycles. The van der Waals surface area contributed by atoms with E-state index in [0.29, 0.717) is 6.54 Å². The Bertz CT molecular complexity index is 339. The van der Waals surface area contributed by atoms with Crippen molar-refractivity contribution in [2.45, 2.75) is 6.42 Å². The molecule has 0 amide bonds. The molecular weight excluding hydrogens is 188 g/mol. The average molecular weight is 199 g/mol. The molecule has 0 aliphatic rings. The molecule has 0 saturated carbocycles. The Balaban J connectivity index is 2.83. The van der Waals surface area contributed by atoms with Gasteiger partial charge in [0.25, 0.3) is 0 Å². The SMILES string of the molecule is CNCCC(=O)c1cc(F)ccc1F. The second kappa shape index (κ2) is 4.81. The fourth-order valence-corrected chi connectivity index (χ4v) is 1.08. The van der Waals surface area contributed by atoms with E-state index in [1.54, 1.807) is 7.05 Å². The quantitative estimate of drug-likeness (QED) is 0.748. The number of rotatable bonds is 4. The van der Waals surface area contributed by atoms with Crippen LogP contribution in [-0.4, -0.2) is 19.4 Å². The third-order valence-corrected chi connectivity index (χ3v) is 1.83. The Morgan fingerprint density at radius 3 is 2.79 bits per heavy atom. The Morgan fingerprint density at radius 2 is 2.14 bits per heavy atom. The van der Waals surface area contributed by atoms with Gasteiger partial charge in [0, 0.05) is 13.0 Å². The summed E-state index contributed by atoms with van der Waals surface area (Å²) >= 11 is 0. The maximum absolute atomic E-state index is 13.0. The molecule has 1 aromatic rings. The maximum Gasteiger partial charge on any atom is 0.167 e. The number of Topliss-reactive ketones (excluding diaryl/α,β-unsaturated/α-hetero) is 1. The smallest absolute Gasteiger partial charge is 0.167 e. The number of carbonyl (C=O) groups excluding carboxylic acids is 1. The normalized spacial score (nSPS) is 10.2. The summed E-state index contributed by atoms with van der Waals surface area (Å²) in [5, 5.41) is 2.77. The number of halogens is 2. The number of benzene rings is 1. The number of nitrogens with one attached hydrogen (secondary N) is 1. The minimum absolute atomic E-state index is 0.164. The van der Waals surface area contributed by atoms with Gasteiger partial charge in [-0.1, -0.05) is 0 Å². The molecular formula is C10H11F2NO. The van der Waals surface area contributed by atoms with Gasteiger partial charge in [-0.3, -0.25) is 4.79 Å². The number of hydrogen-bond donors (Lipinski definition) is 1. The van der Waals surface area contributed by atoms with Crippen molar-refractivity contribution in [2.75, 3.05) is 13.6 Å². The topological polar surface area (TPSA) is 29.1 Å². The van der Waals surface area contributed by atoms with Crippen molar-refractivity contribution >= 4 is 5.78 Å². The fraction of sp³-hybridized carbons (Fsp3) is 0.300. The van der Waals surface area contributed by atoms with Gasteiger partial charge in [-0.05, 0) is 25.2 Å². The van der Waals surface area contributed by atoms with Crippen LogP contribution in [0.25, 0.3) is 0 Å². The Kier molecular flexibility index (Phi) is 3.71. The molecule has 4 heteroatoms. The zero-order valence-corrected chi connectivity index (χ0v) is 7.81. The summed E-state index contributed by atoms with van der Waals surface area (Å²) in [5.74, 6) is -1.66. The first-order valence-corrected chi connectivity index (χ1v) is 4.28. The van der Waals surface area contributed by atoms with Gasteiger partial charge in [-0.2, -0.15) is 0 Å². The van der Waals surface area contributed by atoms with E-state index in [0.717, 1.165) is 18.2 Å². The van der Waals surface area contributed by atoms with Crippen molar-refractivity contribution in [3.05, 3.63) is 35.4 Å². The van der Waals surface area contributed by atoms with E-state index in [1.165, 1.54) is 0 Å². The largest absolute Gasteiger partial charge is 0.319 e. The van der Waals surface area contributed by atoms with Crippen molar-refractivity contribution < 1.29 is 13.6 Å². The Morgan fingerprint density at radius 1 is 1.43 bits per heavy atom. The fourth-order valence-electron chi connectivity index (χ4n) is 1.08. The summed E-state index contributed by atoms with van der Waals surface area (Å²) in [7, 11) is 1.69. The van der Waals surface area contributed by atoms with E-state index in [1.807, 2.05) is 0 Å². The molecule has 0 heterocycles. The molecule has 0 radical (unpaired) electrons. The van der Waals surface area contributed by atoms with Crippen LogP contribution in [0.1, 0.15) is 16.8 Å². The third kappa shape index (κ3) is 2.60. The zero-order chi connectivity index (χ0) is 10.6. The molecule has 0 saturated heterocycles. The lowest BCUT2D eigenvalue weighted by Crippen LogP contribution is -2.14. The highest BCUT2D eigenvalue weighted by molar-refractivity contribution is 5.96. The van der Waals surface area contributed by atoms with Crippen LogP contribution >= 0.6 is 0 Å². The second-order valence-corrected chi connectivity index (χ2v) is 2.90. The van der Waals surface area contributed by atoms with E-state index < -0.39 is 17.4 Å². The molecule has 0 atom stereocenters. The van der Waals surface area contributed by atoms with Gasteiger partial charge in [0.15, 0.2) is 5.78 Å². The van der Waals surface area contributed by atoms with E-state index in [9.17, 15) is 13.6 Å². The summed E-state index contributed by atoms with van der Waals surface area (Å²) in [4.78, 5) is 11.3. The van der Waals surface area contributed by atoms with Crippen LogP contribution < -0.4 is 5.32 Å². The summed E-state index contributed by atoms with van der Waals surface area (Å²) in [6, 6.07) is 2.87. The van der Waals surface area contributed by atoms with Crippen molar-refractivity contribution in [1.82, 2.24) is 5.32 Å². The maximum atomic E-state index is 13.0. The molecule has 1 N–H and O–H groups in total. The van der Waals surface area contributed by atoms with Crippen LogP contribution in [0.3, 0.4) is 0 Å². The Labute approximate surface area is 80.9 Å². The third-order valence-electron chi connectivity index (χ3n) is 1.83. The van der Waals surface area contributed by atoms with Gasteiger partial charge in [0.1, 0.15) is 11.6 Å². The highest BCUT2D eigenvalue weighted by Gasteiger charge is 2.11. The van der Waals surface area contributed by atoms with Crippen LogP contribution in [-0.2, 0) is 0 Å². The minimum atomic E-state index is -0.674. The predicted octanol–water partition coefficient (Wildman–Crippen LogP) is 1.76. The first-order valence-electron chi connectivity index (χ1n) is 4.28. The van der Waals surface area contributed by atoms with E-state index in [4.69, 9.17) is 0 Å². The zero-order valence-electron chi connectivity index (χ0n) is 7.81. The van der Waals surface area contributed by atoms with Crippen molar-refractivity contribution in [2.24, 2.45) is 0 Å². The van der Waals surface area contributed by atoms with Crippen LogP contribution in [0.2, 0.25) is 0 Å². The van der Waals surface area contributed by atoms with Gasteiger partial charge in [0.05, 0.1) is 5.56 Å². The van der Waals surface area contributed by atoms with Gasteiger partial charge in [0.2, 0.25) is 0 Å². The van der Waals surface area contributed by atoms with Crippen LogP contribution in [0.15, 0.2) is 18.2 Å².